The van der Waals surface area contributed by atoms with Crippen molar-refractivity contribution in [1.82, 2.24) is 10.3 Å². The molecule has 17 heavy (non-hydrogen) atoms. The standard InChI is InChI=1S/C14H22N2O/c1-9(2)15-13(17)11-7-10(3)8-12(16-11)14(4,5)6/h7-9H,1-6H3,(H,15,17). The topological polar surface area (TPSA) is 42.0 Å². The van der Waals surface area contributed by atoms with Crippen molar-refractivity contribution in [3.63, 3.8) is 0 Å². The smallest absolute Gasteiger partial charge is 0.270 e. The van der Waals surface area contributed by atoms with Gasteiger partial charge in [0.25, 0.3) is 5.91 Å². The van der Waals surface area contributed by atoms with Gasteiger partial charge in [-0.25, -0.2) is 4.98 Å². The van der Waals surface area contributed by atoms with Gasteiger partial charge in [-0.2, -0.15) is 0 Å². The molecule has 0 saturated heterocycles. The molecule has 3 heteroatoms. The Morgan fingerprint density at radius 1 is 1.29 bits per heavy atom. The van der Waals surface area contributed by atoms with Crippen molar-refractivity contribution in [2.24, 2.45) is 0 Å². The summed E-state index contributed by atoms with van der Waals surface area (Å²) in [6.45, 7) is 12.2. The molecule has 1 rings (SSSR count). The van der Waals surface area contributed by atoms with Crippen molar-refractivity contribution in [3.8, 4) is 0 Å². The summed E-state index contributed by atoms with van der Waals surface area (Å²) < 4.78 is 0. The largest absolute Gasteiger partial charge is 0.349 e. The molecule has 0 fully saturated rings. The molecule has 1 amide bonds. The van der Waals surface area contributed by atoms with Gasteiger partial charge in [-0.1, -0.05) is 20.8 Å². The lowest BCUT2D eigenvalue weighted by molar-refractivity contribution is 0.0937. The minimum Gasteiger partial charge on any atom is -0.349 e. The second-order valence-corrected chi connectivity index (χ2v) is 5.79. The maximum Gasteiger partial charge on any atom is 0.270 e. The van der Waals surface area contributed by atoms with E-state index in [-0.39, 0.29) is 17.4 Å². The van der Waals surface area contributed by atoms with Gasteiger partial charge >= 0.3 is 0 Å². The molecule has 1 aromatic heterocycles. The number of aromatic nitrogens is 1. The zero-order chi connectivity index (χ0) is 13.2. The van der Waals surface area contributed by atoms with E-state index in [0.29, 0.717) is 5.69 Å². The van der Waals surface area contributed by atoms with E-state index in [1.54, 1.807) is 0 Å². The summed E-state index contributed by atoms with van der Waals surface area (Å²) in [7, 11) is 0. The van der Waals surface area contributed by atoms with Crippen molar-refractivity contribution in [1.29, 1.82) is 0 Å². The molecule has 0 unspecified atom stereocenters. The van der Waals surface area contributed by atoms with E-state index in [4.69, 9.17) is 0 Å². The van der Waals surface area contributed by atoms with Gasteiger partial charge in [0, 0.05) is 17.2 Å². The predicted molar refractivity (Wildman–Crippen MR) is 70.3 cm³/mol. The summed E-state index contributed by atoms with van der Waals surface area (Å²) in [6, 6.07) is 3.99. The van der Waals surface area contributed by atoms with Gasteiger partial charge in [0.2, 0.25) is 0 Å². The highest BCUT2D eigenvalue weighted by Gasteiger charge is 2.18. The van der Waals surface area contributed by atoms with Crippen LogP contribution in [0, 0.1) is 6.92 Å². The lowest BCUT2D eigenvalue weighted by Gasteiger charge is -2.19. The van der Waals surface area contributed by atoms with Gasteiger partial charge in [0.15, 0.2) is 0 Å². The van der Waals surface area contributed by atoms with Crippen molar-refractivity contribution in [2.45, 2.75) is 53.0 Å². The van der Waals surface area contributed by atoms with Crippen LogP contribution in [0.15, 0.2) is 12.1 Å². The number of aryl methyl sites for hydroxylation is 1. The molecule has 1 N–H and O–H groups in total. The minimum atomic E-state index is -0.103. The van der Waals surface area contributed by atoms with Gasteiger partial charge in [-0.15, -0.1) is 0 Å². The summed E-state index contributed by atoms with van der Waals surface area (Å²) >= 11 is 0. The van der Waals surface area contributed by atoms with Crippen molar-refractivity contribution in [3.05, 3.63) is 29.1 Å². The molecular weight excluding hydrogens is 212 g/mol. The van der Waals surface area contributed by atoms with E-state index < -0.39 is 0 Å². The Bertz CT molecular complexity index is 417. The molecule has 0 aliphatic heterocycles. The monoisotopic (exact) mass is 234 g/mol. The van der Waals surface area contributed by atoms with Gasteiger partial charge in [-0.3, -0.25) is 4.79 Å². The number of pyridine rings is 1. The van der Waals surface area contributed by atoms with Crippen LogP contribution in [-0.2, 0) is 5.41 Å². The third-order valence-corrected chi connectivity index (χ3v) is 2.39. The number of nitrogens with one attached hydrogen (secondary N) is 1. The van der Waals surface area contributed by atoms with Crippen molar-refractivity contribution < 1.29 is 4.79 Å². The van der Waals surface area contributed by atoms with Crippen LogP contribution in [-0.4, -0.2) is 16.9 Å². The maximum absolute atomic E-state index is 11.9. The van der Waals surface area contributed by atoms with Crippen LogP contribution in [0.4, 0.5) is 0 Å². The summed E-state index contributed by atoms with van der Waals surface area (Å²) in [6.07, 6.45) is 0. The van der Waals surface area contributed by atoms with E-state index in [1.165, 1.54) is 0 Å². The van der Waals surface area contributed by atoms with Crippen LogP contribution >= 0.6 is 0 Å². The van der Waals surface area contributed by atoms with Crippen LogP contribution in [0.1, 0.15) is 56.4 Å². The fourth-order valence-electron chi connectivity index (χ4n) is 1.50. The molecule has 0 spiro atoms. The first kappa shape index (κ1) is 13.7. The molecule has 3 nitrogen and oxygen atoms in total. The Morgan fingerprint density at radius 2 is 1.88 bits per heavy atom. The first-order valence-electron chi connectivity index (χ1n) is 6.00. The van der Waals surface area contributed by atoms with Crippen molar-refractivity contribution in [2.75, 3.05) is 0 Å². The fraction of sp³-hybridized carbons (Fsp3) is 0.571. The molecule has 0 aliphatic rings. The average molecular weight is 234 g/mol. The lowest BCUT2D eigenvalue weighted by Crippen LogP contribution is -2.31. The Kier molecular flexibility index (Phi) is 3.91. The second-order valence-electron chi connectivity index (χ2n) is 5.79. The predicted octanol–water partition coefficient (Wildman–Crippen LogP) is 2.83. The first-order valence-corrected chi connectivity index (χ1v) is 6.00. The van der Waals surface area contributed by atoms with Gasteiger partial charge in [0.05, 0.1) is 0 Å². The number of hydrogen-bond donors (Lipinski definition) is 1. The Hall–Kier alpha value is -1.38. The highest BCUT2D eigenvalue weighted by molar-refractivity contribution is 5.92. The third kappa shape index (κ3) is 3.84. The van der Waals surface area contributed by atoms with E-state index in [0.717, 1.165) is 11.3 Å². The summed E-state index contributed by atoms with van der Waals surface area (Å²) in [5, 5.41) is 2.86. The lowest BCUT2D eigenvalue weighted by atomic mass is 9.90. The van der Waals surface area contributed by atoms with Crippen LogP contribution in [0.2, 0.25) is 0 Å². The SMILES string of the molecule is Cc1cc(C(=O)NC(C)C)nc(C(C)(C)C)c1. The van der Waals surface area contributed by atoms with E-state index in [2.05, 4.69) is 31.1 Å². The van der Waals surface area contributed by atoms with Crippen molar-refractivity contribution >= 4 is 5.91 Å². The number of carbonyl (C=O) groups is 1. The highest BCUT2D eigenvalue weighted by Crippen LogP contribution is 2.21. The van der Waals surface area contributed by atoms with Crippen LogP contribution < -0.4 is 5.32 Å². The molecule has 0 aliphatic carbocycles. The Balaban J connectivity index is 3.10. The molecule has 0 aromatic carbocycles. The highest BCUT2D eigenvalue weighted by atomic mass is 16.1. The van der Waals surface area contributed by atoms with Gasteiger partial charge in [-0.05, 0) is 38.5 Å². The van der Waals surface area contributed by atoms with Crippen LogP contribution in [0.3, 0.4) is 0 Å². The third-order valence-electron chi connectivity index (χ3n) is 2.39. The van der Waals surface area contributed by atoms with E-state index in [9.17, 15) is 4.79 Å². The number of nitrogens with zero attached hydrogens (tertiary/aromatic N) is 1. The van der Waals surface area contributed by atoms with E-state index in [1.807, 2.05) is 32.9 Å². The summed E-state index contributed by atoms with van der Waals surface area (Å²) in [5.41, 5.74) is 2.48. The number of hydrogen-bond acceptors (Lipinski definition) is 2. The quantitative estimate of drug-likeness (QED) is 0.855. The Labute approximate surface area is 104 Å². The molecule has 1 heterocycles. The Morgan fingerprint density at radius 3 is 2.35 bits per heavy atom. The van der Waals surface area contributed by atoms with Gasteiger partial charge in [0.1, 0.15) is 5.69 Å². The molecule has 0 saturated carbocycles. The van der Waals surface area contributed by atoms with Crippen LogP contribution in [0.25, 0.3) is 0 Å². The zero-order valence-electron chi connectivity index (χ0n) is 11.6. The average Bonchev–Trinajstić information content (AvgIpc) is 2.14. The molecular formula is C14H22N2O. The number of rotatable bonds is 2. The minimum absolute atomic E-state index is 0.0428. The molecule has 0 radical (unpaired) electrons. The number of carbonyl (C=O) groups excluding carboxylic acids is 1. The molecule has 0 atom stereocenters. The first-order chi connectivity index (χ1) is 7.70. The summed E-state index contributed by atoms with van der Waals surface area (Å²) in [4.78, 5) is 16.4. The van der Waals surface area contributed by atoms with E-state index >= 15 is 0 Å². The van der Waals surface area contributed by atoms with Crippen LogP contribution in [0.5, 0.6) is 0 Å². The zero-order valence-corrected chi connectivity index (χ0v) is 11.6. The normalized spacial score (nSPS) is 11.7. The molecule has 1 aromatic rings. The maximum atomic E-state index is 11.9. The summed E-state index contributed by atoms with van der Waals surface area (Å²) in [5.74, 6) is -0.103. The van der Waals surface area contributed by atoms with Gasteiger partial charge < -0.3 is 5.32 Å². The number of amides is 1. The molecule has 94 valence electrons. The molecule has 0 bridgehead atoms. The second kappa shape index (κ2) is 4.86. The fourth-order valence-corrected chi connectivity index (χ4v) is 1.50.